The largest absolute Gasteiger partial charge is 0.403 e. The Morgan fingerprint density at radius 2 is 2.21 bits per heavy atom. The smallest absolute Gasteiger partial charge is 0.332 e. The Balaban J connectivity index is 2.56. The van der Waals surface area contributed by atoms with Crippen molar-refractivity contribution in [2.75, 3.05) is 0 Å². The number of ketones is 1. The molecule has 0 aliphatic carbocycles. The molecule has 8 heteroatoms. The van der Waals surface area contributed by atoms with Crippen LogP contribution in [0.1, 0.15) is 42.2 Å². The minimum Gasteiger partial charge on any atom is -0.403 e. The topological polar surface area (TPSA) is 97.4 Å². The maximum Gasteiger partial charge on any atom is 0.332 e. The van der Waals surface area contributed by atoms with Crippen molar-refractivity contribution >= 4 is 17.4 Å². The lowest BCUT2D eigenvalue weighted by Gasteiger charge is -2.17. The number of nitrogens with zero attached hydrogens (tertiary/aromatic N) is 2. The molecule has 1 aliphatic heterocycles. The van der Waals surface area contributed by atoms with Gasteiger partial charge in [0.25, 0.3) is 0 Å². The van der Waals surface area contributed by atoms with Crippen LogP contribution < -0.4 is 11.1 Å². The summed E-state index contributed by atoms with van der Waals surface area (Å²) in [5, 5.41) is 2.54. The van der Waals surface area contributed by atoms with E-state index in [0.717, 1.165) is 6.20 Å². The number of Topliss-reactive ketones (excluding diaryl/α,β-unsaturated/α-hetero) is 1. The average Bonchev–Trinajstić information content (AvgIpc) is 2.56. The summed E-state index contributed by atoms with van der Waals surface area (Å²) in [6.45, 7) is -1.30. The number of alkyl halides is 2. The SMILES string of the molecule is C[C@@H]1CCCC(=O)c2cc(ccn2)C(=NC(F)F)C(=CN)NC1=O. The number of nitrogens with two attached hydrogens (primary N) is 1. The highest BCUT2D eigenvalue weighted by atomic mass is 19.3. The molecule has 1 aromatic heterocycles. The predicted octanol–water partition coefficient (Wildman–Crippen LogP) is 2.01. The number of carbonyl (C=O) groups is 2. The van der Waals surface area contributed by atoms with Crippen molar-refractivity contribution in [1.29, 1.82) is 0 Å². The second-order valence-corrected chi connectivity index (χ2v) is 5.47. The molecule has 6 nitrogen and oxygen atoms in total. The zero-order chi connectivity index (χ0) is 17.7. The first-order chi connectivity index (χ1) is 11.4. The first-order valence-corrected chi connectivity index (χ1v) is 7.51. The third-order valence-electron chi connectivity index (χ3n) is 3.71. The van der Waals surface area contributed by atoms with Crippen molar-refractivity contribution in [2.45, 2.75) is 32.7 Å². The highest BCUT2D eigenvalue weighted by molar-refractivity contribution is 6.14. The predicted molar refractivity (Wildman–Crippen MR) is 84.5 cm³/mol. The molecule has 1 aliphatic rings. The van der Waals surface area contributed by atoms with Crippen LogP contribution in [-0.2, 0) is 4.79 Å². The molecule has 2 rings (SSSR count). The van der Waals surface area contributed by atoms with Crippen LogP contribution in [0.2, 0.25) is 0 Å². The molecule has 2 heterocycles. The molecule has 128 valence electrons. The quantitative estimate of drug-likeness (QED) is 0.767. The van der Waals surface area contributed by atoms with Gasteiger partial charge < -0.3 is 11.1 Å². The van der Waals surface area contributed by atoms with Gasteiger partial charge in [0.2, 0.25) is 5.91 Å². The molecule has 0 aromatic carbocycles. The van der Waals surface area contributed by atoms with E-state index in [9.17, 15) is 18.4 Å². The Labute approximate surface area is 137 Å². The molecule has 0 saturated heterocycles. The van der Waals surface area contributed by atoms with Crippen molar-refractivity contribution in [1.82, 2.24) is 10.3 Å². The van der Waals surface area contributed by atoms with E-state index in [2.05, 4.69) is 15.3 Å². The molecule has 0 saturated carbocycles. The lowest BCUT2D eigenvalue weighted by molar-refractivity contribution is -0.123. The minimum atomic E-state index is -3.00. The molecule has 3 N–H and O–H groups in total. The first kappa shape index (κ1) is 17.7. The van der Waals surface area contributed by atoms with Crippen molar-refractivity contribution in [3.05, 3.63) is 41.5 Å². The monoisotopic (exact) mass is 336 g/mol. The third kappa shape index (κ3) is 4.21. The van der Waals surface area contributed by atoms with Crippen molar-refractivity contribution in [2.24, 2.45) is 16.6 Å². The normalized spacial score (nSPS) is 23.1. The molecular formula is C16H18F2N4O2. The fourth-order valence-corrected chi connectivity index (χ4v) is 2.39. The van der Waals surface area contributed by atoms with E-state index in [1.165, 1.54) is 18.3 Å². The highest BCUT2D eigenvalue weighted by Crippen LogP contribution is 2.17. The Kier molecular flexibility index (Phi) is 5.73. The first-order valence-electron chi connectivity index (χ1n) is 7.51. The highest BCUT2D eigenvalue weighted by Gasteiger charge is 2.21. The van der Waals surface area contributed by atoms with Crippen LogP contribution in [0.3, 0.4) is 0 Å². The van der Waals surface area contributed by atoms with Gasteiger partial charge in [-0.25, -0.2) is 4.99 Å². The van der Waals surface area contributed by atoms with Crippen LogP contribution in [0.25, 0.3) is 0 Å². The minimum absolute atomic E-state index is 0.0303. The molecule has 0 spiro atoms. The summed E-state index contributed by atoms with van der Waals surface area (Å²) in [6, 6.07) is 2.81. The van der Waals surface area contributed by atoms with E-state index in [0.29, 0.717) is 12.8 Å². The van der Waals surface area contributed by atoms with Gasteiger partial charge in [0.1, 0.15) is 5.69 Å². The van der Waals surface area contributed by atoms with Crippen LogP contribution in [-0.4, -0.2) is 28.9 Å². The van der Waals surface area contributed by atoms with E-state index >= 15 is 0 Å². The zero-order valence-electron chi connectivity index (χ0n) is 13.1. The van der Waals surface area contributed by atoms with Crippen molar-refractivity contribution < 1.29 is 18.4 Å². The maximum atomic E-state index is 12.8. The van der Waals surface area contributed by atoms with Gasteiger partial charge in [-0.2, -0.15) is 8.78 Å². The second-order valence-electron chi connectivity index (χ2n) is 5.47. The molecule has 24 heavy (non-hydrogen) atoms. The van der Waals surface area contributed by atoms with Crippen LogP contribution in [0.5, 0.6) is 0 Å². The van der Waals surface area contributed by atoms with Crippen molar-refractivity contribution in [3.8, 4) is 0 Å². The number of aliphatic imine (C=N–C) groups is 1. The Bertz CT molecular complexity index is 701. The fraction of sp³-hybridized carbons (Fsp3) is 0.375. The number of fused-ring (bicyclic) bond motifs is 2. The molecule has 0 radical (unpaired) electrons. The van der Waals surface area contributed by atoms with Gasteiger partial charge in [-0.05, 0) is 25.0 Å². The van der Waals surface area contributed by atoms with Gasteiger partial charge in [-0.1, -0.05) is 6.92 Å². The summed E-state index contributed by atoms with van der Waals surface area (Å²) in [5.41, 5.74) is 5.69. The van der Waals surface area contributed by atoms with E-state index < -0.39 is 12.5 Å². The number of aromatic nitrogens is 1. The number of pyridine rings is 1. The van der Waals surface area contributed by atoms with Crippen LogP contribution in [0.4, 0.5) is 8.78 Å². The molecule has 0 fully saturated rings. The van der Waals surface area contributed by atoms with Crippen LogP contribution >= 0.6 is 0 Å². The second kappa shape index (κ2) is 7.76. The summed E-state index contributed by atoms with van der Waals surface area (Å²) >= 11 is 0. The number of hydrogen-bond donors (Lipinski definition) is 2. The summed E-state index contributed by atoms with van der Waals surface area (Å²) in [4.78, 5) is 31.6. The van der Waals surface area contributed by atoms with Gasteiger partial charge >= 0.3 is 6.55 Å². The lowest BCUT2D eigenvalue weighted by Crippen LogP contribution is -2.33. The standard InChI is InChI=1S/C16H18F2N4O2/c1-9-3-2-4-13(23)11-7-10(5-6-20-11)14(22-16(17)18)12(8-19)21-15(9)24/h5-9,16H,2-4,19H2,1H3,(H,21,24)/t9-/m1/s1. The summed E-state index contributed by atoms with van der Waals surface area (Å²) in [6.07, 6.45) is 3.60. The molecule has 1 aromatic rings. The Morgan fingerprint density at radius 1 is 1.46 bits per heavy atom. The lowest BCUT2D eigenvalue weighted by atomic mass is 9.98. The number of amides is 1. The van der Waals surface area contributed by atoms with E-state index in [1.54, 1.807) is 6.92 Å². The maximum absolute atomic E-state index is 12.8. The number of halogens is 2. The van der Waals surface area contributed by atoms with E-state index in [-0.39, 0.29) is 40.8 Å². The zero-order valence-corrected chi connectivity index (χ0v) is 13.1. The Morgan fingerprint density at radius 3 is 2.88 bits per heavy atom. The van der Waals surface area contributed by atoms with Gasteiger partial charge in [-0.15, -0.1) is 0 Å². The summed E-state index contributed by atoms with van der Waals surface area (Å²) in [7, 11) is 0. The average molecular weight is 336 g/mol. The Hall–Kier alpha value is -2.64. The summed E-state index contributed by atoms with van der Waals surface area (Å²) < 4.78 is 25.7. The van der Waals surface area contributed by atoms with Gasteiger partial charge in [0, 0.05) is 30.3 Å². The molecule has 0 unspecified atom stereocenters. The van der Waals surface area contributed by atoms with Gasteiger partial charge in [-0.3, -0.25) is 14.6 Å². The molecule has 2 bridgehead atoms. The van der Waals surface area contributed by atoms with Gasteiger partial charge in [0.05, 0.1) is 11.4 Å². The third-order valence-corrected chi connectivity index (χ3v) is 3.71. The fourth-order valence-electron chi connectivity index (χ4n) is 2.39. The van der Waals surface area contributed by atoms with E-state index in [1.807, 2.05) is 0 Å². The number of carbonyl (C=O) groups excluding carboxylic acids is 2. The van der Waals surface area contributed by atoms with Crippen LogP contribution in [0.15, 0.2) is 35.2 Å². The summed E-state index contributed by atoms with van der Waals surface area (Å²) in [5.74, 6) is -0.970. The molecule has 1 atom stereocenters. The van der Waals surface area contributed by atoms with E-state index in [4.69, 9.17) is 5.73 Å². The number of allylic oxidation sites excluding steroid dienone is 1. The van der Waals surface area contributed by atoms with Crippen molar-refractivity contribution in [3.63, 3.8) is 0 Å². The molecular weight excluding hydrogens is 318 g/mol. The number of rotatable bonds is 1. The van der Waals surface area contributed by atoms with Gasteiger partial charge in [0.15, 0.2) is 5.78 Å². The number of nitrogens with one attached hydrogen (secondary N) is 1. The number of hydrogen-bond acceptors (Lipinski definition) is 5. The molecule has 1 amide bonds. The van der Waals surface area contributed by atoms with Crippen LogP contribution in [0, 0.1) is 5.92 Å².